The lowest BCUT2D eigenvalue weighted by Crippen LogP contribution is -2.29. The van der Waals surface area contributed by atoms with Crippen molar-refractivity contribution in [2.24, 2.45) is 4.99 Å². The van der Waals surface area contributed by atoms with E-state index in [9.17, 15) is 24.0 Å². The SMILES string of the molecule is C.C.CCOC(=O)C1=CC(C)=NC1.CCOC(=O)c1cc(C)n(-c2ccncc2)n1.CCOC(=O)c1cc(C)nn1-c1ccncc1.CCOC(=O)c1cc(C)nn1-c1ccncc1.Cc1cc(C(=O)O)n(-c2ccncc2)n1.OB(O)c1ccncc1. The number of aliphatic imine (C=N–C) groups is 1. The van der Waals surface area contributed by atoms with Gasteiger partial charge in [0.2, 0.25) is 0 Å². The van der Waals surface area contributed by atoms with Gasteiger partial charge in [0.05, 0.1) is 78.4 Å². The summed E-state index contributed by atoms with van der Waals surface area (Å²) in [6.07, 6.45) is 17.9. The lowest BCUT2D eigenvalue weighted by molar-refractivity contribution is -0.138. The largest absolute Gasteiger partial charge is 0.488 e. The second-order valence-corrected chi connectivity index (χ2v) is 17.6. The number of nitrogens with zero attached hydrogens (tertiary/aromatic N) is 14. The molecule has 27 heteroatoms. The lowest BCUT2D eigenvalue weighted by Gasteiger charge is -2.05. The zero-order valence-electron chi connectivity index (χ0n) is 48.8. The van der Waals surface area contributed by atoms with Crippen LogP contribution in [0.25, 0.3) is 22.7 Å². The number of esters is 4. The first-order valence-corrected chi connectivity index (χ1v) is 26.7. The molecule has 0 spiro atoms. The summed E-state index contributed by atoms with van der Waals surface area (Å²) in [7, 11) is -1.38. The highest BCUT2D eigenvalue weighted by Gasteiger charge is 2.19. The van der Waals surface area contributed by atoms with Crippen LogP contribution in [0.1, 0.15) is 114 Å². The highest BCUT2D eigenvalue weighted by Crippen LogP contribution is 2.16. The first-order valence-electron chi connectivity index (χ1n) is 26.7. The average Bonchev–Trinajstić information content (AvgIpc) is 4.22. The molecule has 26 nitrogen and oxygen atoms in total. The van der Waals surface area contributed by atoms with Gasteiger partial charge in [0.15, 0.2) is 22.8 Å². The van der Waals surface area contributed by atoms with Crippen LogP contribution >= 0.6 is 0 Å². The summed E-state index contributed by atoms with van der Waals surface area (Å²) in [6, 6.07) is 24.0. The van der Waals surface area contributed by atoms with Gasteiger partial charge in [-0.05, 0) is 159 Å². The Balaban J connectivity index is 0.000000278. The van der Waals surface area contributed by atoms with Crippen LogP contribution in [0.2, 0.25) is 0 Å². The third-order valence-corrected chi connectivity index (χ3v) is 11.1. The summed E-state index contributed by atoms with van der Waals surface area (Å²) in [5.74, 6) is -2.38. The van der Waals surface area contributed by atoms with Crippen LogP contribution in [0, 0.1) is 27.7 Å². The number of rotatable bonds is 14. The van der Waals surface area contributed by atoms with Crippen molar-refractivity contribution in [1.82, 2.24) is 64.0 Å². The van der Waals surface area contributed by atoms with Gasteiger partial charge in [-0.2, -0.15) is 20.4 Å². The van der Waals surface area contributed by atoms with E-state index in [1.165, 1.54) is 23.1 Å². The predicted molar refractivity (Wildman–Crippen MR) is 329 cm³/mol. The molecule has 0 aliphatic carbocycles. The third kappa shape index (κ3) is 21.8. The van der Waals surface area contributed by atoms with Crippen molar-refractivity contribution in [2.75, 3.05) is 33.0 Å². The number of pyridine rings is 5. The number of carboxylic acid groups (broad SMARTS) is 1. The number of carboxylic acids is 1. The van der Waals surface area contributed by atoms with E-state index in [-0.39, 0.29) is 38.5 Å². The monoisotopic (exact) mass is 1200 g/mol. The minimum absolute atomic E-state index is 0. The van der Waals surface area contributed by atoms with E-state index in [0.29, 0.717) is 72.5 Å². The molecular formula is C61H73BN14O12. The zero-order valence-corrected chi connectivity index (χ0v) is 48.8. The van der Waals surface area contributed by atoms with Crippen molar-refractivity contribution in [2.45, 2.75) is 77.2 Å². The molecule has 462 valence electrons. The molecule has 0 aromatic carbocycles. The van der Waals surface area contributed by atoms with E-state index in [1.807, 2.05) is 39.8 Å². The molecule has 10 rings (SSSR count). The van der Waals surface area contributed by atoms with Gasteiger partial charge >= 0.3 is 37.0 Å². The van der Waals surface area contributed by atoms with Gasteiger partial charge < -0.3 is 34.1 Å². The van der Waals surface area contributed by atoms with Crippen molar-refractivity contribution in [3.05, 3.63) is 204 Å². The molecule has 0 bridgehead atoms. The number of ether oxygens (including phenoxy) is 4. The average molecular weight is 1210 g/mol. The first-order chi connectivity index (χ1) is 41.4. The molecule has 0 saturated carbocycles. The molecule has 0 radical (unpaired) electrons. The van der Waals surface area contributed by atoms with Crippen molar-refractivity contribution >= 4 is 48.1 Å². The first kappa shape index (κ1) is 71.6. The van der Waals surface area contributed by atoms with E-state index in [0.717, 1.165) is 39.9 Å². The van der Waals surface area contributed by atoms with Gasteiger partial charge in [0.25, 0.3) is 0 Å². The summed E-state index contributed by atoms with van der Waals surface area (Å²) in [5.41, 5.74) is 9.56. The van der Waals surface area contributed by atoms with E-state index in [1.54, 1.807) is 171 Å². The summed E-state index contributed by atoms with van der Waals surface area (Å²) in [5, 5.41) is 42.9. The number of aryl methyl sites for hydroxylation is 4. The fourth-order valence-electron chi connectivity index (χ4n) is 7.36. The molecule has 0 saturated heterocycles. The van der Waals surface area contributed by atoms with E-state index >= 15 is 0 Å². The predicted octanol–water partition coefficient (Wildman–Crippen LogP) is 7.52. The van der Waals surface area contributed by atoms with E-state index in [4.69, 9.17) is 34.1 Å². The number of hydrogen-bond acceptors (Lipinski definition) is 21. The Morgan fingerprint density at radius 1 is 0.455 bits per heavy atom. The summed E-state index contributed by atoms with van der Waals surface area (Å²) >= 11 is 0. The van der Waals surface area contributed by atoms with E-state index < -0.39 is 19.1 Å². The molecule has 10 heterocycles. The van der Waals surface area contributed by atoms with Gasteiger partial charge in [0.1, 0.15) is 0 Å². The van der Waals surface area contributed by atoms with Crippen molar-refractivity contribution < 1.29 is 58.1 Å². The van der Waals surface area contributed by atoms with Gasteiger partial charge in [-0.15, -0.1) is 0 Å². The topological polar surface area (TPSA) is 331 Å². The maximum atomic E-state index is 11.8. The number of carbonyl (C=O) groups is 5. The Labute approximate surface area is 510 Å². The van der Waals surface area contributed by atoms with Crippen LogP contribution in [-0.4, -0.2) is 155 Å². The third-order valence-electron chi connectivity index (χ3n) is 11.1. The Morgan fingerprint density at radius 2 is 0.784 bits per heavy atom. The molecule has 0 amide bonds. The minimum Gasteiger partial charge on any atom is -0.477 e. The molecule has 3 N–H and O–H groups in total. The molecule has 0 fully saturated rings. The maximum Gasteiger partial charge on any atom is 0.488 e. The molecule has 9 aromatic rings. The summed E-state index contributed by atoms with van der Waals surface area (Å²) < 4.78 is 25.9. The van der Waals surface area contributed by atoms with Crippen LogP contribution in [0.5, 0.6) is 0 Å². The van der Waals surface area contributed by atoms with Crippen molar-refractivity contribution in [3.8, 4) is 22.7 Å². The molecule has 88 heavy (non-hydrogen) atoms. The highest BCUT2D eigenvalue weighted by atomic mass is 16.5. The highest BCUT2D eigenvalue weighted by molar-refractivity contribution is 6.58. The van der Waals surface area contributed by atoms with Crippen molar-refractivity contribution in [3.63, 3.8) is 0 Å². The Bertz CT molecular complexity index is 3570. The molecule has 0 atom stereocenters. The van der Waals surface area contributed by atoms with Crippen LogP contribution < -0.4 is 5.46 Å². The summed E-state index contributed by atoms with van der Waals surface area (Å²) in [4.78, 5) is 80.4. The lowest BCUT2D eigenvalue weighted by atomic mass is 9.81. The fraction of sp³-hybridized carbons (Fsp3) is 0.262. The van der Waals surface area contributed by atoms with Crippen LogP contribution in [-0.2, 0) is 23.7 Å². The zero-order chi connectivity index (χ0) is 62.5. The Kier molecular flexibility index (Phi) is 30.0. The molecule has 9 aromatic heterocycles. The number of allylic oxidation sites excluding steroid dienone is 1. The molecular weight excluding hydrogens is 1130 g/mol. The molecule has 1 aliphatic rings. The summed E-state index contributed by atoms with van der Waals surface area (Å²) in [6.45, 7) is 18.2. The fourth-order valence-corrected chi connectivity index (χ4v) is 7.36. The maximum absolute atomic E-state index is 11.8. The van der Waals surface area contributed by atoms with Crippen LogP contribution in [0.15, 0.2) is 164 Å². The number of hydrogen-bond donors (Lipinski definition) is 3. The minimum atomic E-state index is -1.38. The Morgan fingerprint density at radius 3 is 1.11 bits per heavy atom. The van der Waals surface area contributed by atoms with Crippen LogP contribution in [0.4, 0.5) is 0 Å². The quantitative estimate of drug-likeness (QED) is 0.0538. The van der Waals surface area contributed by atoms with Crippen LogP contribution in [0.3, 0.4) is 0 Å². The van der Waals surface area contributed by atoms with E-state index in [2.05, 4.69) is 50.3 Å². The number of carbonyl (C=O) groups excluding carboxylic acids is 4. The van der Waals surface area contributed by atoms with Crippen molar-refractivity contribution in [1.29, 1.82) is 0 Å². The standard InChI is InChI=1S/3C12H13N3O2.C10H9N3O2.C8H11NO2.C5H6BNO2.2CH4/c1-3-17-12(16)11-8-9(2)15(14-11)10-4-6-13-7-5-10;2*1-3-17-12(16)11-8-9(2)14-15(11)10-4-6-13-7-5-10;1-7-6-9(10(14)15)13(12-7)8-2-4-11-5-3-8;1-3-11-8(10)7-4-6(2)9-5-7;8-6(9)5-1-3-7-4-2-5;;/h3*4-8H,3H2,1-2H3;2-6H,1H3,(H,14,15);4H,3,5H2,1-2H3;1-4,8-9H;2*1H4. The van der Waals surface area contributed by atoms with Gasteiger partial charge in [-0.1, -0.05) is 14.9 Å². The normalized spacial score (nSPS) is 10.6. The van der Waals surface area contributed by atoms with Gasteiger partial charge in [-0.3, -0.25) is 29.9 Å². The Hall–Kier alpha value is -10.7. The number of aromatic carboxylic acids is 1. The van der Waals surface area contributed by atoms with Gasteiger partial charge in [0, 0.05) is 73.4 Å². The molecule has 1 aliphatic heterocycles. The number of aromatic nitrogens is 13. The second kappa shape index (κ2) is 36.9. The smallest absolute Gasteiger partial charge is 0.477 e. The molecule has 0 unspecified atom stereocenters. The van der Waals surface area contributed by atoms with Gasteiger partial charge in [-0.25, -0.2) is 42.7 Å². The second-order valence-electron chi connectivity index (χ2n) is 17.6.